The van der Waals surface area contributed by atoms with Crippen molar-refractivity contribution in [2.75, 3.05) is 13.2 Å². The molecule has 3 nitrogen and oxygen atoms in total. The summed E-state index contributed by atoms with van der Waals surface area (Å²) in [5, 5.41) is 3.35. The molecule has 1 unspecified atom stereocenters. The summed E-state index contributed by atoms with van der Waals surface area (Å²) in [4.78, 5) is 4.14. The first-order chi connectivity index (χ1) is 8.31. The fourth-order valence-electron chi connectivity index (χ4n) is 1.98. The van der Waals surface area contributed by atoms with Crippen LogP contribution in [0.1, 0.15) is 31.5 Å². The third-order valence-corrected chi connectivity index (χ3v) is 2.79. The lowest BCUT2D eigenvalue weighted by atomic mass is 9.99. The van der Waals surface area contributed by atoms with Crippen molar-refractivity contribution in [2.45, 2.75) is 25.8 Å². The number of likely N-dealkylation sites (N-methyl/N-ethyl adjacent to an activating group) is 1. The first-order valence-corrected chi connectivity index (χ1v) is 5.96. The van der Waals surface area contributed by atoms with Crippen molar-refractivity contribution < 1.29 is 9.13 Å². The average molecular weight is 236 g/mol. The Morgan fingerprint density at radius 2 is 2.41 bits per heavy atom. The molecule has 1 N–H and O–H groups in total. The smallest absolute Gasteiger partial charge is 0.141 e. The van der Waals surface area contributed by atoms with Crippen LogP contribution >= 0.6 is 0 Å². The van der Waals surface area contributed by atoms with Gasteiger partial charge in [0.05, 0.1) is 30.8 Å². The number of pyridine rings is 1. The molecule has 1 aromatic rings. The van der Waals surface area contributed by atoms with Gasteiger partial charge in [-0.25, -0.2) is 4.39 Å². The maximum atomic E-state index is 12.9. The van der Waals surface area contributed by atoms with Gasteiger partial charge in [-0.2, -0.15) is 0 Å². The van der Waals surface area contributed by atoms with Gasteiger partial charge in [0.15, 0.2) is 0 Å². The average Bonchev–Trinajstić information content (AvgIpc) is 2.38. The first kappa shape index (κ1) is 12.0. The van der Waals surface area contributed by atoms with Crippen molar-refractivity contribution >= 4 is 0 Å². The molecule has 0 bridgehead atoms. The van der Waals surface area contributed by atoms with Crippen molar-refractivity contribution in [3.8, 4) is 0 Å². The van der Waals surface area contributed by atoms with Gasteiger partial charge in [-0.15, -0.1) is 0 Å². The van der Waals surface area contributed by atoms with Gasteiger partial charge in [-0.05, 0) is 37.1 Å². The molecule has 0 amide bonds. The quantitative estimate of drug-likeness (QED) is 0.872. The molecule has 1 aromatic heterocycles. The molecule has 1 atom stereocenters. The standard InChI is InChI=1S/C13H17FN2O/c1-2-15-13(10-4-3-7-17-9-10)12-6-5-11(14)8-16-12/h5-6,8-9,13,15H,2-4,7H2,1H3. The van der Waals surface area contributed by atoms with Gasteiger partial charge in [-0.3, -0.25) is 4.98 Å². The number of halogens is 1. The molecule has 0 radical (unpaired) electrons. The number of ether oxygens (including phenoxy) is 1. The van der Waals surface area contributed by atoms with Crippen LogP contribution < -0.4 is 5.32 Å². The van der Waals surface area contributed by atoms with Crippen LogP contribution in [0.4, 0.5) is 4.39 Å². The summed E-state index contributed by atoms with van der Waals surface area (Å²) < 4.78 is 18.2. The Morgan fingerprint density at radius 1 is 1.53 bits per heavy atom. The minimum Gasteiger partial charge on any atom is -0.501 e. The summed E-state index contributed by atoms with van der Waals surface area (Å²) >= 11 is 0. The van der Waals surface area contributed by atoms with E-state index in [2.05, 4.69) is 10.3 Å². The Morgan fingerprint density at radius 3 is 3.00 bits per heavy atom. The number of aromatic nitrogens is 1. The lowest BCUT2D eigenvalue weighted by Gasteiger charge is -2.23. The molecule has 0 saturated carbocycles. The maximum absolute atomic E-state index is 12.9. The first-order valence-electron chi connectivity index (χ1n) is 5.96. The van der Waals surface area contributed by atoms with Crippen LogP contribution in [0.5, 0.6) is 0 Å². The van der Waals surface area contributed by atoms with E-state index in [1.807, 2.05) is 13.2 Å². The van der Waals surface area contributed by atoms with E-state index in [0.717, 1.165) is 31.7 Å². The van der Waals surface area contributed by atoms with E-state index in [-0.39, 0.29) is 11.9 Å². The van der Waals surface area contributed by atoms with Crippen LogP contribution in [0, 0.1) is 5.82 Å². The molecule has 0 aliphatic carbocycles. The number of nitrogens with zero attached hydrogens (tertiary/aromatic N) is 1. The van der Waals surface area contributed by atoms with Crippen LogP contribution in [0.2, 0.25) is 0 Å². The fraction of sp³-hybridized carbons (Fsp3) is 0.462. The zero-order valence-electron chi connectivity index (χ0n) is 9.95. The van der Waals surface area contributed by atoms with E-state index in [0.29, 0.717) is 0 Å². The number of nitrogens with one attached hydrogen (secondary N) is 1. The molecule has 17 heavy (non-hydrogen) atoms. The van der Waals surface area contributed by atoms with Gasteiger partial charge in [0.2, 0.25) is 0 Å². The van der Waals surface area contributed by atoms with Gasteiger partial charge in [0, 0.05) is 0 Å². The second kappa shape index (κ2) is 5.77. The summed E-state index contributed by atoms with van der Waals surface area (Å²) in [6.07, 6.45) is 5.08. The van der Waals surface area contributed by atoms with Crippen molar-refractivity contribution in [2.24, 2.45) is 0 Å². The number of hydrogen-bond acceptors (Lipinski definition) is 3. The molecule has 92 valence electrons. The maximum Gasteiger partial charge on any atom is 0.141 e. The van der Waals surface area contributed by atoms with Crippen molar-refractivity contribution in [1.82, 2.24) is 10.3 Å². The largest absolute Gasteiger partial charge is 0.501 e. The highest BCUT2D eigenvalue weighted by Gasteiger charge is 2.19. The number of hydrogen-bond donors (Lipinski definition) is 1. The van der Waals surface area contributed by atoms with Crippen LogP contribution in [0.15, 0.2) is 30.2 Å². The predicted octanol–water partition coefficient (Wildman–Crippen LogP) is 2.57. The molecular formula is C13H17FN2O. The highest BCUT2D eigenvalue weighted by Crippen LogP contribution is 2.26. The highest BCUT2D eigenvalue weighted by atomic mass is 19.1. The molecule has 0 aromatic carbocycles. The third-order valence-electron chi connectivity index (χ3n) is 2.79. The monoisotopic (exact) mass is 236 g/mol. The van der Waals surface area contributed by atoms with Gasteiger partial charge >= 0.3 is 0 Å². The van der Waals surface area contributed by atoms with Crippen LogP contribution in [-0.4, -0.2) is 18.1 Å². The van der Waals surface area contributed by atoms with E-state index in [1.165, 1.54) is 17.8 Å². The molecule has 4 heteroatoms. The molecule has 0 saturated heterocycles. The Kier molecular flexibility index (Phi) is 4.09. The molecular weight excluding hydrogens is 219 g/mol. The highest BCUT2D eigenvalue weighted by molar-refractivity contribution is 5.22. The summed E-state index contributed by atoms with van der Waals surface area (Å²) in [5.74, 6) is -0.308. The summed E-state index contributed by atoms with van der Waals surface area (Å²) in [6.45, 7) is 3.65. The van der Waals surface area contributed by atoms with Crippen molar-refractivity contribution in [3.63, 3.8) is 0 Å². The SMILES string of the molecule is CCNC(C1=COCCC1)c1ccc(F)cn1. The molecule has 0 spiro atoms. The third kappa shape index (κ3) is 3.03. The van der Waals surface area contributed by atoms with Crippen LogP contribution in [-0.2, 0) is 4.74 Å². The van der Waals surface area contributed by atoms with E-state index in [1.54, 1.807) is 6.07 Å². The summed E-state index contributed by atoms with van der Waals surface area (Å²) in [6, 6.07) is 3.19. The molecule has 2 heterocycles. The minimum atomic E-state index is -0.308. The molecule has 0 fully saturated rings. The summed E-state index contributed by atoms with van der Waals surface area (Å²) in [5.41, 5.74) is 2.02. The number of rotatable bonds is 4. The van der Waals surface area contributed by atoms with E-state index in [9.17, 15) is 4.39 Å². The van der Waals surface area contributed by atoms with E-state index in [4.69, 9.17) is 4.74 Å². The summed E-state index contributed by atoms with van der Waals surface area (Å²) in [7, 11) is 0. The Bertz CT molecular complexity index is 389. The molecule has 2 rings (SSSR count). The Labute approximate surface area is 101 Å². The zero-order chi connectivity index (χ0) is 12.1. The second-order valence-electron chi connectivity index (χ2n) is 4.06. The van der Waals surface area contributed by atoms with Gasteiger partial charge in [-0.1, -0.05) is 6.92 Å². The van der Waals surface area contributed by atoms with E-state index >= 15 is 0 Å². The van der Waals surface area contributed by atoms with Crippen molar-refractivity contribution in [3.05, 3.63) is 41.7 Å². The fourth-order valence-corrected chi connectivity index (χ4v) is 1.98. The van der Waals surface area contributed by atoms with Gasteiger partial charge < -0.3 is 10.1 Å². The van der Waals surface area contributed by atoms with Gasteiger partial charge in [0.25, 0.3) is 0 Å². The predicted molar refractivity (Wildman–Crippen MR) is 63.9 cm³/mol. The minimum absolute atomic E-state index is 0.0286. The normalized spacial score (nSPS) is 17.2. The topological polar surface area (TPSA) is 34.1 Å². The van der Waals surface area contributed by atoms with E-state index < -0.39 is 0 Å². The van der Waals surface area contributed by atoms with Crippen molar-refractivity contribution in [1.29, 1.82) is 0 Å². The second-order valence-corrected chi connectivity index (χ2v) is 4.06. The lowest BCUT2D eigenvalue weighted by Crippen LogP contribution is -2.25. The molecule has 1 aliphatic rings. The van der Waals surface area contributed by atoms with Crippen LogP contribution in [0.3, 0.4) is 0 Å². The Hall–Kier alpha value is -1.42. The Balaban J connectivity index is 2.21. The van der Waals surface area contributed by atoms with Gasteiger partial charge in [0.1, 0.15) is 5.82 Å². The zero-order valence-corrected chi connectivity index (χ0v) is 9.95. The molecule has 1 aliphatic heterocycles. The lowest BCUT2D eigenvalue weighted by molar-refractivity contribution is 0.219. The van der Waals surface area contributed by atoms with Crippen LogP contribution in [0.25, 0.3) is 0 Å².